The van der Waals surface area contributed by atoms with Gasteiger partial charge >= 0.3 is 0 Å². The summed E-state index contributed by atoms with van der Waals surface area (Å²) in [6, 6.07) is 19.2. The van der Waals surface area contributed by atoms with Gasteiger partial charge in [-0.3, -0.25) is 0 Å². The molecular formula is C17H13NO. The predicted octanol–water partition coefficient (Wildman–Crippen LogP) is 3.87. The fraction of sp³-hybridized carbons (Fsp3) is 0.118. The van der Waals surface area contributed by atoms with Crippen LogP contribution >= 0.6 is 0 Å². The topological polar surface area (TPSA) is 29.4 Å². The Balaban J connectivity index is 2.06. The van der Waals surface area contributed by atoms with Crippen molar-refractivity contribution in [3.63, 3.8) is 0 Å². The summed E-state index contributed by atoms with van der Waals surface area (Å²) in [5, 5.41) is 4.97. The maximum Gasteiger partial charge on any atom is 0.234 e. The van der Waals surface area contributed by atoms with Crippen molar-refractivity contribution in [1.29, 1.82) is 0 Å². The zero-order valence-corrected chi connectivity index (χ0v) is 10.5. The largest absolute Gasteiger partial charge is 0.234 e. The molecule has 3 aromatic rings. The lowest BCUT2D eigenvalue weighted by Gasteiger charge is -2.04. The van der Waals surface area contributed by atoms with Crippen LogP contribution in [0, 0.1) is 0 Å². The van der Waals surface area contributed by atoms with Crippen LogP contribution in [0.2, 0.25) is 0 Å². The summed E-state index contributed by atoms with van der Waals surface area (Å²) in [4.78, 5) is 13.7. The number of fused-ring (bicyclic) bond motifs is 2. The van der Waals surface area contributed by atoms with Gasteiger partial charge in [0, 0.05) is 0 Å². The molecule has 2 heteroatoms. The molecule has 2 nitrogen and oxygen atoms in total. The SMILES string of the molecule is O=C=NCCc1ccc2cc3ccccc3cc2c1. The van der Waals surface area contributed by atoms with E-state index in [4.69, 9.17) is 0 Å². The standard InChI is InChI=1S/C17H13NO/c19-12-18-8-7-13-5-6-16-10-14-3-1-2-4-15(14)11-17(16)9-13/h1-6,9-11H,7-8H2. The third kappa shape index (κ3) is 2.40. The molecule has 0 saturated heterocycles. The molecule has 0 aliphatic rings. The van der Waals surface area contributed by atoms with E-state index in [2.05, 4.69) is 59.6 Å². The number of hydrogen-bond acceptors (Lipinski definition) is 2. The van der Waals surface area contributed by atoms with Crippen LogP contribution < -0.4 is 0 Å². The van der Waals surface area contributed by atoms with Gasteiger partial charge < -0.3 is 0 Å². The van der Waals surface area contributed by atoms with E-state index in [0.29, 0.717) is 6.54 Å². The lowest BCUT2D eigenvalue weighted by atomic mass is 10.0. The van der Waals surface area contributed by atoms with Crippen molar-refractivity contribution in [2.45, 2.75) is 6.42 Å². The van der Waals surface area contributed by atoms with Crippen molar-refractivity contribution < 1.29 is 4.79 Å². The van der Waals surface area contributed by atoms with E-state index in [1.165, 1.54) is 27.1 Å². The van der Waals surface area contributed by atoms with E-state index in [1.807, 2.05) is 0 Å². The Morgan fingerprint density at radius 1 is 0.842 bits per heavy atom. The minimum atomic E-state index is 0.503. The second-order valence-corrected chi connectivity index (χ2v) is 4.60. The molecule has 0 N–H and O–H groups in total. The quantitative estimate of drug-likeness (QED) is 0.392. The lowest BCUT2D eigenvalue weighted by Crippen LogP contribution is -1.89. The van der Waals surface area contributed by atoms with Crippen molar-refractivity contribution in [3.8, 4) is 0 Å². The Morgan fingerprint density at radius 2 is 1.53 bits per heavy atom. The molecule has 0 fully saturated rings. The number of isocyanates is 1. The van der Waals surface area contributed by atoms with Crippen molar-refractivity contribution in [3.05, 3.63) is 60.2 Å². The summed E-state index contributed by atoms with van der Waals surface area (Å²) in [6.45, 7) is 0.503. The molecule has 0 spiro atoms. The number of carbonyl (C=O) groups excluding carboxylic acids is 1. The Morgan fingerprint density at radius 3 is 2.26 bits per heavy atom. The van der Waals surface area contributed by atoms with E-state index >= 15 is 0 Å². The van der Waals surface area contributed by atoms with Gasteiger partial charge in [0.05, 0.1) is 6.54 Å². The first-order chi connectivity index (χ1) is 9.36. The predicted molar refractivity (Wildman–Crippen MR) is 78.1 cm³/mol. The second kappa shape index (κ2) is 5.05. The average Bonchev–Trinajstić information content (AvgIpc) is 2.45. The van der Waals surface area contributed by atoms with Gasteiger partial charge in [-0.15, -0.1) is 0 Å². The minimum absolute atomic E-state index is 0.503. The van der Waals surface area contributed by atoms with Crippen LogP contribution in [-0.4, -0.2) is 12.6 Å². The highest BCUT2D eigenvalue weighted by atomic mass is 16.1. The summed E-state index contributed by atoms with van der Waals surface area (Å²) in [7, 11) is 0. The molecule has 92 valence electrons. The second-order valence-electron chi connectivity index (χ2n) is 4.60. The van der Waals surface area contributed by atoms with Gasteiger partial charge in [-0.2, -0.15) is 0 Å². The van der Waals surface area contributed by atoms with Gasteiger partial charge in [0.25, 0.3) is 0 Å². The maximum absolute atomic E-state index is 10.1. The lowest BCUT2D eigenvalue weighted by molar-refractivity contribution is 0.563. The molecule has 0 atom stereocenters. The summed E-state index contributed by atoms with van der Waals surface area (Å²) in [6.07, 6.45) is 2.35. The highest BCUT2D eigenvalue weighted by Gasteiger charge is 1.99. The summed E-state index contributed by atoms with van der Waals surface area (Å²) in [5.41, 5.74) is 1.20. The van der Waals surface area contributed by atoms with Gasteiger partial charge in [-0.25, -0.2) is 9.79 Å². The van der Waals surface area contributed by atoms with Crippen LogP contribution in [0.3, 0.4) is 0 Å². The van der Waals surface area contributed by atoms with Crippen LogP contribution in [0.15, 0.2) is 59.6 Å². The molecule has 0 amide bonds. The molecule has 0 heterocycles. The molecule has 0 unspecified atom stereocenters. The van der Waals surface area contributed by atoms with Gasteiger partial charge in [0.15, 0.2) is 0 Å². The van der Waals surface area contributed by atoms with Crippen molar-refractivity contribution in [1.82, 2.24) is 0 Å². The Labute approximate surface area is 111 Å². The Hall–Kier alpha value is -2.44. The molecule has 0 radical (unpaired) electrons. The number of benzene rings is 3. The fourth-order valence-corrected chi connectivity index (χ4v) is 2.38. The highest BCUT2D eigenvalue weighted by Crippen LogP contribution is 2.23. The molecule has 0 aliphatic heterocycles. The number of nitrogens with zero attached hydrogens (tertiary/aromatic N) is 1. The third-order valence-electron chi connectivity index (χ3n) is 3.35. The molecule has 0 saturated carbocycles. The van der Waals surface area contributed by atoms with Gasteiger partial charge in [0.2, 0.25) is 6.08 Å². The molecule has 0 bridgehead atoms. The van der Waals surface area contributed by atoms with Crippen LogP contribution in [0.25, 0.3) is 21.5 Å². The van der Waals surface area contributed by atoms with Gasteiger partial charge in [-0.1, -0.05) is 42.5 Å². The molecule has 19 heavy (non-hydrogen) atoms. The molecule has 0 aromatic heterocycles. The van der Waals surface area contributed by atoms with Crippen LogP contribution in [0.1, 0.15) is 5.56 Å². The van der Waals surface area contributed by atoms with Gasteiger partial charge in [0.1, 0.15) is 0 Å². The summed E-state index contributed by atoms with van der Waals surface area (Å²) >= 11 is 0. The molecule has 3 aromatic carbocycles. The zero-order chi connectivity index (χ0) is 13.1. The molecule has 3 rings (SSSR count). The van der Waals surface area contributed by atoms with Crippen LogP contribution in [-0.2, 0) is 11.2 Å². The minimum Gasteiger partial charge on any atom is -0.211 e. The van der Waals surface area contributed by atoms with E-state index in [9.17, 15) is 4.79 Å². The number of rotatable bonds is 3. The van der Waals surface area contributed by atoms with E-state index in [1.54, 1.807) is 6.08 Å². The number of hydrogen-bond donors (Lipinski definition) is 0. The highest BCUT2D eigenvalue weighted by molar-refractivity contribution is 5.98. The average molecular weight is 247 g/mol. The first-order valence-corrected chi connectivity index (χ1v) is 6.32. The van der Waals surface area contributed by atoms with E-state index < -0.39 is 0 Å². The van der Waals surface area contributed by atoms with Crippen LogP contribution in [0.4, 0.5) is 0 Å². The Kier molecular flexibility index (Phi) is 3.09. The monoisotopic (exact) mass is 247 g/mol. The normalized spacial score (nSPS) is 10.5. The van der Waals surface area contributed by atoms with Crippen molar-refractivity contribution >= 4 is 27.6 Å². The summed E-state index contributed by atoms with van der Waals surface area (Å²) in [5.74, 6) is 0. The van der Waals surface area contributed by atoms with Crippen molar-refractivity contribution in [2.75, 3.05) is 6.54 Å². The van der Waals surface area contributed by atoms with Gasteiger partial charge in [-0.05, 0) is 45.7 Å². The van der Waals surface area contributed by atoms with E-state index in [-0.39, 0.29) is 0 Å². The smallest absolute Gasteiger partial charge is 0.211 e. The van der Waals surface area contributed by atoms with Crippen molar-refractivity contribution in [2.24, 2.45) is 4.99 Å². The fourth-order valence-electron chi connectivity index (χ4n) is 2.38. The summed E-state index contributed by atoms with van der Waals surface area (Å²) < 4.78 is 0. The maximum atomic E-state index is 10.1. The third-order valence-corrected chi connectivity index (χ3v) is 3.35. The van der Waals surface area contributed by atoms with Crippen LogP contribution in [0.5, 0.6) is 0 Å². The van der Waals surface area contributed by atoms with E-state index in [0.717, 1.165) is 6.42 Å². The molecule has 0 aliphatic carbocycles. The zero-order valence-electron chi connectivity index (χ0n) is 10.5. The first-order valence-electron chi connectivity index (χ1n) is 6.32. The Bertz CT molecular complexity index is 785. The molecular weight excluding hydrogens is 234 g/mol. The number of aliphatic imine (C=N–C) groups is 1. The first kappa shape index (κ1) is 11.6.